The van der Waals surface area contributed by atoms with Gasteiger partial charge in [-0.3, -0.25) is 14.6 Å². The first-order chi connectivity index (χ1) is 15.9. The second-order valence-corrected chi connectivity index (χ2v) is 7.38. The van der Waals surface area contributed by atoms with E-state index in [-0.39, 0.29) is 23.4 Å². The largest absolute Gasteiger partial charge is 0.507 e. The first-order valence-electron chi connectivity index (χ1n) is 10.1. The van der Waals surface area contributed by atoms with Crippen molar-refractivity contribution in [1.29, 1.82) is 0 Å². The molecule has 0 radical (unpaired) electrons. The summed E-state index contributed by atoms with van der Waals surface area (Å²) in [5.41, 5.74) is 0.889. The Morgan fingerprint density at radius 1 is 1.06 bits per heavy atom. The number of Topliss-reactive ketones (excluding diaryl/α,β-unsaturated/α-hetero) is 1. The van der Waals surface area contributed by atoms with Crippen molar-refractivity contribution in [3.63, 3.8) is 0 Å². The molecule has 1 aromatic heterocycles. The standard InChI is InChI=1S/C25H21FN2O5/c1-32-17-7-5-6-15(12-17)14-28-22(19-8-3-4-11-27-19)21(24(30)25(28)31)23(29)18-13-16(26)9-10-20(18)33-2/h3-13,22,29H,14H2,1-2H3/b23-21+. The molecule has 0 saturated carbocycles. The Kier molecular flexibility index (Phi) is 6.08. The van der Waals surface area contributed by atoms with Crippen molar-refractivity contribution in [2.45, 2.75) is 12.6 Å². The third-order valence-corrected chi connectivity index (χ3v) is 5.41. The molecule has 1 atom stereocenters. The minimum atomic E-state index is -0.981. The van der Waals surface area contributed by atoms with Crippen LogP contribution >= 0.6 is 0 Å². The number of halogens is 1. The first-order valence-corrected chi connectivity index (χ1v) is 10.1. The highest BCUT2D eigenvalue weighted by Gasteiger charge is 2.47. The molecule has 3 aromatic rings. The molecule has 1 aliphatic rings. The highest BCUT2D eigenvalue weighted by Crippen LogP contribution is 2.41. The molecule has 0 bridgehead atoms. The Morgan fingerprint density at radius 3 is 2.58 bits per heavy atom. The summed E-state index contributed by atoms with van der Waals surface area (Å²) in [6.45, 7) is 0.0695. The SMILES string of the molecule is COc1cccc(CN2C(=O)C(=O)/C(=C(/O)c3cc(F)ccc3OC)C2c2ccccn2)c1. The molecule has 2 heterocycles. The van der Waals surface area contributed by atoms with E-state index in [0.717, 1.165) is 11.6 Å². The number of ether oxygens (including phenoxy) is 2. The molecule has 1 N–H and O–H groups in total. The molecule has 33 heavy (non-hydrogen) atoms. The molecular weight excluding hydrogens is 427 g/mol. The Morgan fingerprint density at radius 2 is 1.88 bits per heavy atom. The van der Waals surface area contributed by atoms with E-state index in [1.807, 2.05) is 0 Å². The predicted octanol–water partition coefficient (Wildman–Crippen LogP) is 3.86. The molecule has 4 rings (SSSR count). The number of aliphatic hydroxyl groups excluding tert-OH is 1. The third-order valence-electron chi connectivity index (χ3n) is 5.41. The number of benzene rings is 2. The van der Waals surface area contributed by atoms with E-state index in [9.17, 15) is 19.1 Å². The van der Waals surface area contributed by atoms with E-state index in [4.69, 9.17) is 9.47 Å². The average molecular weight is 448 g/mol. The Balaban J connectivity index is 1.88. The number of aromatic nitrogens is 1. The van der Waals surface area contributed by atoms with Crippen LogP contribution in [0.25, 0.3) is 5.76 Å². The number of carbonyl (C=O) groups excluding carboxylic acids is 2. The fourth-order valence-electron chi connectivity index (χ4n) is 3.87. The lowest BCUT2D eigenvalue weighted by molar-refractivity contribution is -0.140. The number of pyridine rings is 1. The van der Waals surface area contributed by atoms with E-state index < -0.39 is 29.3 Å². The van der Waals surface area contributed by atoms with Crippen molar-refractivity contribution >= 4 is 17.4 Å². The highest BCUT2D eigenvalue weighted by molar-refractivity contribution is 6.46. The summed E-state index contributed by atoms with van der Waals surface area (Å²) in [5, 5.41) is 11.1. The summed E-state index contributed by atoms with van der Waals surface area (Å²) in [5.74, 6) is -2.09. The van der Waals surface area contributed by atoms with Gasteiger partial charge in [-0.15, -0.1) is 0 Å². The van der Waals surface area contributed by atoms with E-state index in [0.29, 0.717) is 11.4 Å². The maximum absolute atomic E-state index is 14.0. The zero-order chi connectivity index (χ0) is 23.5. The fraction of sp³-hybridized carbons (Fsp3) is 0.160. The number of methoxy groups -OCH3 is 2. The summed E-state index contributed by atoms with van der Waals surface area (Å²) in [7, 11) is 2.90. The van der Waals surface area contributed by atoms with Gasteiger partial charge in [-0.05, 0) is 48.0 Å². The van der Waals surface area contributed by atoms with Crippen LogP contribution in [0.2, 0.25) is 0 Å². The Bertz CT molecular complexity index is 1240. The van der Waals surface area contributed by atoms with Crippen molar-refractivity contribution < 1.29 is 28.6 Å². The number of amides is 1. The van der Waals surface area contributed by atoms with Gasteiger partial charge in [0.1, 0.15) is 29.1 Å². The third kappa shape index (κ3) is 4.15. The molecule has 1 unspecified atom stereocenters. The summed E-state index contributed by atoms with van der Waals surface area (Å²) >= 11 is 0. The van der Waals surface area contributed by atoms with Crippen LogP contribution in [0.5, 0.6) is 11.5 Å². The summed E-state index contributed by atoms with van der Waals surface area (Å²) in [4.78, 5) is 31.8. The van der Waals surface area contributed by atoms with Gasteiger partial charge in [0.25, 0.3) is 11.7 Å². The predicted molar refractivity (Wildman–Crippen MR) is 118 cm³/mol. The van der Waals surface area contributed by atoms with Gasteiger partial charge < -0.3 is 19.5 Å². The van der Waals surface area contributed by atoms with Crippen LogP contribution in [0.1, 0.15) is 22.9 Å². The molecule has 1 saturated heterocycles. The first kappa shape index (κ1) is 22.0. The summed E-state index contributed by atoms with van der Waals surface area (Å²) < 4.78 is 24.5. The topological polar surface area (TPSA) is 89.0 Å². The van der Waals surface area contributed by atoms with Crippen molar-refractivity contribution in [2.24, 2.45) is 0 Å². The van der Waals surface area contributed by atoms with Gasteiger partial charge in [-0.1, -0.05) is 18.2 Å². The molecule has 1 fully saturated rings. The Hall–Kier alpha value is -4.20. The Labute approximate surface area is 189 Å². The number of likely N-dealkylation sites (tertiary alicyclic amines) is 1. The molecule has 8 heteroatoms. The number of hydrogen-bond donors (Lipinski definition) is 1. The molecule has 1 amide bonds. The molecular formula is C25H21FN2O5. The van der Waals surface area contributed by atoms with E-state index in [2.05, 4.69) is 4.98 Å². The fourth-order valence-corrected chi connectivity index (χ4v) is 3.87. The lowest BCUT2D eigenvalue weighted by Crippen LogP contribution is -2.29. The molecule has 2 aromatic carbocycles. The smallest absolute Gasteiger partial charge is 0.296 e. The second-order valence-electron chi connectivity index (χ2n) is 7.38. The maximum Gasteiger partial charge on any atom is 0.296 e. The number of aliphatic hydroxyl groups is 1. The lowest BCUT2D eigenvalue weighted by atomic mass is 9.97. The van der Waals surface area contributed by atoms with Gasteiger partial charge in [-0.2, -0.15) is 0 Å². The number of carbonyl (C=O) groups is 2. The van der Waals surface area contributed by atoms with Gasteiger partial charge >= 0.3 is 0 Å². The maximum atomic E-state index is 14.0. The highest BCUT2D eigenvalue weighted by atomic mass is 19.1. The zero-order valence-electron chi connectivity index (χ0n) is 18.0. The quantitative estimate of drug-likeness (QED) is 0.350. The molecule has 168 valence electrons. The zero-order valence-corrected chi connectivity index (χ0v) is 18.0. The minimum Gasteiger partial charge on any atom is -0.507 e. The van der Waals surface area contributed by atoms with E-state index in [1.165, 1.54) is 37.4 Å². The van der Waals surface area contributed by atoms with Crippen LogP contribution in [0, 0.1) is 5.82 Å². The van der Waals surface area contributed by atoms with E-state index in [1.54, 1.807) is 42.5 Å². The molecule has 0 spiro atoms. The molecule has 0 aliphatic carbocycles. The molecule has 1 aliphatic heterocycles. The number of rotatable bonds is 6. The number of hydrogen-bond acceptors (Lipinski definition) is 6. The number of nitrogens with zero attached hydrogens (tertiary/aromatic N) is 2. The normalized spacial score (nSPS) is 17.3. The van der Waals surface area contributed by atoms with Crippen LogP contribution < -0.4 is 9.47 Å². The minimum absolute atomic E-state index is 0.0298. The molecule has 7 nitrogen and oxygen atoms in total. The average Bonchev–Trinajstić information content (AvgIpc) is 3.09. The number of ketones is 1. The van der Waals surface area contributed by atoms with Crippen LogP contribution in [-0.4, -0.2) is 40.9 Å². The van der Waals surface area contributed by atoms with Gasteiger partial charge in [0.15, 0.2) is 0 Å². The van der Waals surface area contributed by atoms with Crippen LogP contribution in [0.4, 0.5) is 4.39 Å². The second kappa shape index (κ2) is 9.12. The van der Waals surface area contributed by atoms with Gasteiger partial charge in [0.2, 0.25) is 0 Å². The van der Waals surface area contributed by atoms with Gasteiger partial charge in [-0.25, -0.2) is 4.39 Å². The van der Waals surface area contributed by atoms with Crippen LogP contribution in [0.3, 0.4) is 0 Å². The van der Waals surface area contributed by atoms with Gasteiger partial charge in [0, 0.05) is 12.7 Å². The van der Waals surface area contributed by atoms with Crippen LogP contribution in [0.15, 0.2) is 72.4 Å². The van der Waals surface area contributed by atoms with Crippen molar-refractivity contribution in [3.05, 3.63) is 95.1 Å². The van der Waals surface area contributed by atoms with Crippen molar-refractivity contribution in [1.82, 2.24) is 9.88 Å². The van der Waals surface area contributed by atoms with Crippen molar-refractivity contribution in [2.75, 3.05) is 14.2 Å². The van der Waals surface area contributed by atoms with E-state index >= 15 is 0 Å². The van der Waals surface area contributed by atoms with Gasteiger partial charge in [0.05, 0.1) is 31.1 Å². The van der Waals surface area contributed by atoms with Crippen molar-refractivity contribution in [3.8, 4) is 11.5 Å². The monoisotopic (exact) mass is 448 g/mol. The van der Waals surface area contributed by atoms with Crippen LogP contribution in [-0.2, 0) is 16.1 Å². The summed E-state index contributed by atoms with van der Waals surface area (Å²) in [6.07, 6.45) is 1.53. The summed E-state index contributed by atoms with van der Waals surface area (Å²) in [6, 6.07) is 14.8. The lowest BCUT2D eigenvalue weighted by Gasteiger charge is -2.25.